The van der Waals surface area contributed by atoms with Crippen LogP contribution in [0.2, 0.25) is 0 Å². The molecule has 0 aromatic carbocycles. The van der Waals surface area contributed by atoms with Crippen LogP contribution in [-0.4, -0.2) is 31.0 Å². The second kappa shape index (κ2) is 3.38. The van der Waals surface area contributed by atoms with Crippen LogP contribution < -0.4 is 10.6 Å². The zero-order valence-electron chi connectivity index (χ0n) is 5.89. The molecule has 0 aliphatic carbocycles. The number of hydroxylamine groups is 2. The molecule has 0 unspecified atom stereocenters. The molecule has 1 heterocycles. The minimum absolute atomic E-state index is 0.143. The van der Waals surface area contributed by atoms with E-state index in [9.17, 15) is 4.79 Å². The van der Waals surface area contributed by atoms with Gasteiger partial charge in [0.05, 0.1) is 19.9 Å². The third kappa shape index (κ3) is 1.85. The predicted octanol–water partition coefficient (Wildman–Crippen LogP) is -0.532. The second-order valence-corrected chi connectivity index (χ2v) is 1.90. The molecule has 2 N–H and O–H groups in total. The first kappa shape index (κ1) is 7.30. The monoisotopic (exact) mass is 145 g/mol. The van der Waals surface area contributed by atoms with Crippen LogP contribution in [0.4, 0.5) is 4.79 Å². The fourth-order valence-corrected chi connectivity index (χ4v) is 0.712. The lowest BCUT2D eigenvalue weighted by Gasteiger charge is -2.26. The number of nitrogens with zero attached hydrogens (tertiary/aromatic N) is 1. The molecule has 0 aromatic rings. The van der Waals surface area contributed by atoms with Crippen molar-refractivity contribution in [1.29, 1.82) is 0 Å². The molecule has 1 rings (SSSR count). The third-order valence-corrected chi connectivity index (χ3v) is 1.14. The normalized spacial score (nSPS) is 19.9. The highest BCUT2D eigenvalue weighted by atomic mass is 16.7. The summed E-state index contributed by atoms with van der Waals surface area (Å²) in [6, 6.07) is -0.143. The first-order valence-corrected chi connectivity index (χ1v) is 3.22. The van der Waals surface area contributed by atoms with Gasteiger partial charge in [0.15, 0.2) is 0 Å². The van der Waals surface area contributed by atoms with E-state index in [1.165, 1.54) is 0 Å². The molecule has 0 aromatic heterocycles. The summed E-state index contributed by atoms with van der Waals surface area (Å²) in [5.74, 6) is 0. The van der Waals surface area contributed by atoms with E-state index in [1.54, 1.807) is 5.06 Å². The molecule has 5 nitrogen and oxygen atoms in total. The largest absolute Gasteiger partial charge is 0.323 e. The van der Waals surface area contributed by atoms with Gasteiger partial charge in [0.1, 0.15) is 0 Å². The number of carbonyl (C=O) groups is 1. The van der Waals surface area contributed by atoms with Crippen LogP contribution in [-0.2, 0) is 4.84 Å². The van der Waals surface area contributed by atoms with E-state index in [0.29, 0.717) is 19.9 Å². The van der Waals surface area contributed by atoms with Crippen LogP contribution >= 0.6 is 0 Å². The SMILES string of the molecule is CCON1CNC(=O)NC1. The van der Waals surface area contributed by atoms with E-state index in [0.717, 1.165) is 0 Å². The van der Waals surface area contributed by atoms with Crippen LogP contribution in [0.5, 0.6) is 0 Å². The van der Waals surface area contributed by atoms with E-state index in [1.807, 2.05) is 6.92 Å². The van der Waals surface area contributed by atoms with Crippen LogP contribution in [0.25, 0.3) is 0 Å². The maximum Gasteiger partial charge on any atom is 0.316 e. The number of amides is 2. The molecular weight excluding hydrogens is 134 g/mol. The summed E-state index contributed by atoms with van der Waals surface area (Å²) in [5, 5.41) is 6.78. The Morgan fingerprint density at radius 1 is 1.60 bits per heavy atom. The molecule has 0 radical (unpaired) electrons. The van der Waals surface area contributed by atoms with Gasteiger partial charge in [0.25, 0.3) is 0 Å². The van der Waals surface area contributed by atoms with Crippen molar-refractivity contribution in [3.63, 3.8) is 0 Å². The van der Waals surface area contributed by atoms with Crippen molar-refractivity contribution < 1.29 is 9.63 Å². The topological polar surface area (TPSA) is 53.6 Å². The van der Waals surface area contributed by atoms with Gasteiger partial charge < -0.3 is 10.6 Å². The Balaban J connectivity index is 2.19. The summed E-state index contributed by atoms with van der Waals surface area (Å²) in [5.41, 5.74) is 0. The number of nitrogens with one attached hydrogen (secondary N) is 2. The molecule has 1 fully saturated rings. The Bertz CT molecular complexity index is 118. The highest BCUT2D eigenvalue weighted by molar-refractivity contribution is 5.74. The lowest BCUT2D eigenvalue weighted by atomic mass is 10.7. The molecule has 1 aliphatic rings. The van der Waals surface area contributed by atoms with Crippen molar-refractivity contribution in [2.75, 3.05) is 19.9 Å². The fourth-order valence-electron chi connectivity index (χ4n) is 0.712. The number of carbonyl (C=O) groups excluding carboxylic acids is 1. The Morgan fingerprint density at radius 3 is 2.70 bits per heavy atom. The van der Waals surface area contributed by atoms with Crippen LogP contribution in [0.1, 0.15) is 6.92 Å². The van der Waals surface area contributed by atoms with Gasteiger partial charge >= 0.3 is 6.03 Å². The van der Waals surface area contributed by atoms with Gasteiger partial charge in [0.2, 0.25) is 0 Å². The van der Waals surface area contributed by atoms with Crippen molar-refractivity contribution in [3.05, 3.63) is 0 Å². The first-order chi connectivity index (χ1) is 4.83. The van der Waals surface area contributed by atoms with Crippen molar-refractivity contribution in [3.8, 4) is 0 Å². The molecule has 1 saturated heterocycles. The zero-order chi connectivity index (χ0) is 7.40. The quantitative estimate of drug-likeness (QED) is 0.549. The minimum atomic E-state index is -0.143. The lowest BCUT2D eigenvalue weighted by Crippen LogP contribution is -2.53. The molecule has 58 valence electrons. The Hall–Kier alpha value is -0.810. The summed E-state index contributed by atoms with van der Waals surface area (Å²) in [6.45, 7) is 3.44. The van der Waals surface area contributed by atoms with Crippen molar-refractivity contribution in [1.82, 2.24) is 15.7 Å². The average Bonchev–Trinajstić information content (AvgIpc) is 1.95. The van der Waals surface area contributed by atoms with E-state index in [4.69, 9.17) is 4.84 Å². The number of rotatable bonds is 2. The van der Waals surface area contributed by atoms with Gasteiger partial charge in [-0.25, -0.2) is 4.79 Å². The van der Waals surface area contributed by atoms with E-state index < -0.39 is 0 Å². The smallest absolute Gasteiger partial charge is 0.316 e. The third-order valence-electron chi connectivity index (χ3n) is 1.14. The van der Waals surface area contributed by atoms with E-state index in [-0.39, 0.29) is 6.03 Å². The Kier molecular flexibility index (Phi) is 2.47. The standard InChI is InChI=1S/C5H11N3O2/c1-2-10-8-3-6-5(9)7-4-8/h2-4H2,1H3,(H2,6,7,9). The lowest BCUT2D eigenvalue weighted by molar-refractivity contribution is -0.165. The molecular formula is C5H11N3O2. The highest BCUT2D eigenvalue weighted by Crippen LogP contribution is 1.89. The number of hydrogen-bond acceptors (Lipinski definition) is 3. The van der Waals surface area contributed by atoms with Gasteiger partial charge in [-0.05, 0) is 6.92 Å². The summed E-state index contributed by atoms with van der Waals surface area (Å²) in [4.78, 5) is 15.6. The molecule has 2 amide bonds. The molecule has 0 spiro atoms. The van der Waals surface area contributed by atoms with Crippen LogP contribution in [0.15, 0.2) is 0 Å². The Morgan fingerprint density at radius 2 is 2.20 bits per heavy atom. The highest BCUT2D eigenvalue weighted by Gasteiger charge is 2.12. The fraction of sp³-hybridized carbons (Fsp3) is 0.800. The maximum atomic E-state index is 10.5. The Labute approximate surface area is 59.3 Å². The van der Waals surface area contributed by atoms with E-state index >= 15 is 0 Å². The van der Waals surface area contributed by atoms with Gasteiger partial charge in [-0.15, -0.1) is 0 Å². The zero-order valence-corrected chi connectivity index (χ0v) is 5.89. The van der Waals surface area contributed by atoms with Gasteiger partial charge in [-0.1, -0.05) is 0 Å². The minimum Gasteiger partial charge on any atom is -0.323 e. The molecule has 0 saturated carbocycles. The molecule has 1 aliphatic heterocycles. The molecule has 10 heavy (non-hydrogen) atoms. The number of urea groups is 1. The predicted molar refractivity (Wildman–Crippen MR) is 34.9 cm³/mol. The van der Waals surface area contributed by atoms with Crippen LogP contribution in [0, 0.1) is 0 Å². The van der Waals surface area contributed by atoms with Crippen LogP contribution in [0.3, 0.4) is 0 Å². The molecule has 0 atom stereocenters. The van der Waals surface area contributed by atoms with Gasteiger partial charge in [0, 0.05) is 0 Å². The summed E-state index contributed by atoms with van der Waals surface area (Å²) in [6.07, 6.45) is 0. The molecule has 5 heteroatoms. The summed E-state index contributed by atoms with van der Waals surface area (Å²) >= 11 is 0. The summed E-state index contributed by atoms with van der Waals surface area (Å²) < 4.78 is 0. The first-order valence-electron chi connectivity index (χ1n) is 3.22. The van der Waals surface area contributed by atoms with E-state index in [2.05, 4.69) is 10.6 Å². The summed E-state index contributed by atoms with van der Waals surface area (Å²) in [7, 11) is 0. The molecule has 0 bridgehead atoms. The van der Waals surface area contributed by atoms with Crippen molar-refractivity contribution >= 4 is 6.03 Å². The number of hydrogen-bond donors (Lipinski definition) is 2. The van der Waals surface area contributed by atoms with Crippen molar-refractivity contribution in [2.24, 2.45) is 0 Å². The van der Waals surface area contributed by atoms with Gasteiger partial charge in [-0.2, -0.15) is 5.06 Å². The second-order valence-electron chi connectivity index (χ2n) is 1.90. The average molecular weight is 145 g/mol. The maximum absolute atomic E-state index is 10.5. The van der Waals surface area contributed by atoms with Gasteiger partial charge in [-0.3, -0.25) is 4.84 Å². The van der Waals surface area contributed by atoms with Crippen molar-refractivity contribution in [2.45, 2.75) is 6.92 Å².